The molecule has 20 heavy (non-hydrogen) atoms. The molecule has 1 aromatic carbocycles. The van der Waals surface area contributed by atoms with Gasteiger partial charge in [0.15, 0.2) is 0 Å². The number of hydrogen-bond acceptors (Lipinski definition) is 3. The lowest BCUT2D eigenvalue weighted by Crippen LogP contribution is -2.40. The topological polar surface area (TPSA) is 78.4 Å². The Morgan fingerprint density at radius 1 is 1.40 bits per heavy atom. The van der Waals surface area contributed by atoms with Crippen LogP contribution in [0.3, 0.4) is 0 Å². The van der Waals surface area contributed by atoms with Crippen LogP contribution in [0, 0.1) is 5.92 Å². The molecule has 0 heterocycles. The van der Waals surface area contributed by atoms with E-state index in [9.17, 15) is 14.1 Å². The number of carbonyl (C=O) groups is 1. The minimum absolute atomic E-state index is 0.0926. The fraction of sp³-hybridized carbons (Fsp3) is 0.500. The third-order valence-electron chi connectivity index (χ3n) is 2.74. The van der Waals surface area contributed by atoms with Crippen molar-refractivity contribution in [1.82, 2.24) is 5.32 Å². The third kappa shape index (κ3) is 5.71. The predicted octanol–water partition coefficient (Wildman–Crippen LogP) is 1.95. The molecule has 112 valence electrons. The molecule has 2 atom stereocenters. The van der Waals surface area contributed by atoms with E-state index in [0.717, 1.165) is 0 Å². The lowest BCUT2D eigenvalue weighted by molar-refractivity contribution is 0.214. The van der Waals surface area contributed by atoms with Crippen molar-refractivity contribution < 1.29 is 14.1 Å². The summed E-state index contributed by atoms with van der Waals surface area (Å²) in [5, 5.41) is 14.6. The smallest absolute Gasteiger partial charge is 0.319 e. The van der Waals surface area contributed by atoms with Gasteiger partial charge in [0.05, 0.1) is 12.6 Å². The van der Waals surface area contributed by atoms with E-state index in [4.69, 9.17) is 0 Å². The van der Waals surface area contributed by atoms with Crippen molar-refractivity contribution in [3.8, 4) is 0 Å². The molecule has 0 fully saturated rings. The van der Waals surface area contributed by atoms with Crippen LogP contribution in [0.25, 0.3) is 0 Å². The summed E-state index contributed by atoms with van der Waals surface area (Å²) >= 11 is 0. The molecule has 0 aliphatic heterocycles. The molecule has 1 aromatic rings. The average Bonchev–Trinajstić information content (AvgIpc) is 2.37. The molecule has 0 aromatic heterocycles. The molecular weight excluding hydrogens is 276 g/mol. The fourth-order valence-corrected chi connectivity index (χ4v) is 2.42. The Morgan fingerprint density at radius 2 is 2.10 bits per heavy atom. The van der Waals surface area contributed by atoms with Crippen molar-refractivity contribution in [2.75, 3.05) is 18.2 Å². The van der Waals surface area contributed by atoms with Gasteiger partial charge in [0, 0.05) is 27.6 Å². The zero-order valence-corrected chi connectivity index (χ0v) is 12.9. The van der Waals surface area contributed by atoms with Gasteiger partial charge < -0.3 is 15.7 Å². The number of carbonyl (C=O) groups excluding carboxylic acids is 1. The molecule has 5 nitrogen and oxygen atoms in total. The second-order valence-electron chi connectivity index (χ2n) is 5.09. The van der Waals surface area contributed by atoms with Gasteiger partial charge in [-0.2, -0.15) is 0 Å². The number of amides is 2. The summed E-state index contributed by atoms with van der Waals surface area (Å²) in [6.45, 7) is 3.97. The lowest BCUT2D eigenvalue weighted by Gasteiger charge is -2.18. The molecule has 1 rings (SSSR count). The van der Waals surface area contributed by atoms with Crippen LogP contribution in [0.2, 0.25) is 0 Å². The van der Waals surface area contributed by atoms with Gasteiger partial charge in [-0.25, -0.2) is 4.79 Å². The zero-order valence-electron chi connectivity index (χ0n) is 12.1. The van der Waals surface area contributed by atoms with Crippen molar-refractivity contribution in [2.45, 2.75) is 31.2 Å². The number of aliphatic hydroxyl groups excluding tert-OH is 1. The standard InChI is InChI=1S/C14H22N2O3S/c1-10(2)7-12(9-17)16-14(18)15-11-5-4-6-13(8-11)20(3)19/h4-6,8,10,12,17H,7,9H2,1-3H3,(H2,15,16,18)/t12-,20-/m1/s1. The van der Waals surface area contributed by atoms with Crippen LogP contribution in [0.5, 0.6) is 0 Å². The highest BCUT2D eigenvalue weighted by atomic mass is 32.2. The maximum absolute atomic E-state index is 11.8. The summed E-state index contributed by atoms with van der Waals surface area (Å²) in [7, 11) is -1.09. The van der Waals surface area contributed by atoms with Gasteiger partial charge in [-0.3, -0.25) is 4.21 Å². The largest absolute Gasteiger partial charge is 0.394 e. The number of anilines is 1. The van der Waals surface area contributed by atoms with Crippen LogP contribution >= 0.6 is 0 Å². The second kappa shape index (κ2) is 8.01. The number of urea groups is 1. The molecule has 0 aliphatic carbocycles. The highest BCUT2D eigenvalue weighted by Gasteiger charge is 2.13. The molecule has 0 bridgehead atoms. The zero-order chi connectivity index (χ0) is 15.1. The number of hydrogen-bond donors (Lipinski definition) is 3. The van der Waals surface area contributed by atoms with Gasteiger partial charge in [-0.1, -0.05) is 19.9 Å². The van der Waals surface area contributed by atoms with Crippen molar-refractivity contribution in [1.29, 1.82) is 0 Å². The van der Waals surface area contributed by atoms with E-state index in [1.165, 1.54) is 0 Å². The van der Waals surface area contributed by atoms with Gasteiger partial charge in [0.1, 0.15) is 0 Å². The fourth-order valence-electron chi connectivity index (χ4n) is 1.85. The first-order chi connectivity index (χ1) is 9.42. The second-order valence-corrected chi connectivity index (χ2v) is 6.47. The van der Waals surface area contributed by atoms with Gasteiger partial charge in [-0.05, 0) is 30.5 Å². The van der Waals surface area contributed by atoms with E-state index in [0.29, 0.717) is 22.9 Å². The summed E-state index contributed by atoms with van der Waals surface area (Å²) in [5.74, 6) is 0.387. The van der Waals surface area contributed by atoms with Crippen LogP contribution in [-0.4, -0.2) is 34.3 Å². The summed E-state index contributed by atoms with van der Waals surface area (Å²) in [5.41, 5.74) is 0.580. The maximum Gasteiger partial charge on any atom is 0.319 e. The molecule has 0 radical (unpaired) electrons. The molecule has 2 amide bonds. The van der Waals surface area contributed by atoms with Crippen molar-refractivity contribution in [3.63, 3.8) is 0 Å². The van der Waals surface area contributed by atoms with Crippen LogP contribution in [0.4, 0.5) is 10.5 Å². The molecule has 3 N–H and O–H groups in total. The Morgan fingerprint density at radius 3 is 2.65 bits per heavy atom. The summed E-state index contributed by atoms with van der Waals surface area (Å²) in [6, 6.07) is 6.25. The Balaban J connectivity index is 2.61. The van der Waals surface area contributed by atoms with Crippen molar-refractivity contribution in [2.24, 2.45) is 5.92 Å². The predicted molar refractivity (Wildman–Crippen MR) is 81.3 cm³/mol. The molecule has 0 spiro atoms. The number of rotatable bonds is 6. The van der Waals surface area contributed by atoms with E-state index >= 15 is 0 Å². The van der Waals surface area contributed by atoms with E-state index in [1.807, 2.05) is 13.8 Å². The number of benzene rings is 1. The quantitative estimate of drug-likeness (QED) is 0.751. The van der Waals surface area contributed by atoms with Crippen LogP contribution in [0.15, 0.2) is 29.2 Å². The van der Waals surface area contributed by atoms with Crippen molar-refractivity contribution >= 4 is 22.5 Å². The summed E-state index contributed by atoms with van der Waals surface area (Å²) < 4.78 is 11.4. The Labute approximate surface area is 122 Å². The van der Waals surface area contributed by atoms with E-state index in [1.54, 1.807) is 30.5 Å². The van der Waals surface area contributed by atoms with Crippen LogP contribution < -0.4 is 10.6 Å². The SMILES string of the molecule is CC(C)C[C@H](CO)NC(=O)Nc1cccc([S@@](C)=O)c1. The molecule has 6 heteroatoms. The molecule has 0 unspecified atom stereocenters. The lowest BCUT2D eigenvalue weighted by atomic mass is 10.0. The maximum atomic E-state index is 11.8. The third-order valence-corrected chi connectivity index (χ3v) is 3.65. The minimum Gasteiger partial charge on any atom is -0.394 e. The summed E-state index contributed by atoms with van der Waals surface area (Å²) in [4.78, 5) is 12.5. The number of aliphatic hydroxyl groups is 1. The van der Waals surface area contributed by atoms with Gasteiger partial charge in [-0.15, -0.1) is 0 Å². The highest BCUT2D eigenvalue weighted by molar-refractivity contribution is 7.84. The normalized spacial score (nSPS) is 13.8. The van der Waals surface area contributed by atoms with E-state index in [-0.39, 0.29) is 18.7 Å². The van der Waals surface area contributed by atoms with Gasteiger partial charge >= 0.3 is 6.03 Å². The molecule has 0 saturated carbocycles. The average molecular weight is 298 g/mol. The molecular formula is C14H22N2O3S. The first-order valence-electron chi connectivity index (χ1n) is 6.54. The molecule has 0 saturated heterocycles. The first kappa shape index (κ1) is 16.7. The Hall–Kier alpha value is -1.40. The number of nitrogens with one attached hydrogen (secondary N) is 2. The minimum atomic E-state index is -1.09. The Kier molecular flexibility index (Phi) is 6.67. The molecule has 0 aliphatic rings. The van der Waals surface area contributed by atoms with E-state index in [2.05, 4.69) is 10.6 Å². The van der Waals surface area contributed by atoms with Gasteiger partial charge in [0.25, 0.3) is 0 Å². The van der Waals surface area contributed by atoms with E-state index < -0.39 is 10.8 Å². The summed E-state index contributed by atoms with van der Waals surface area (Å²) in [6.07, 6.45) is 2.30. The van der Waals surface area contributed by atoms with Crippen LogP contribution in [-0.2, 0) is 10.8 Å². The Bertz CT molecular complexity index is 477. The van der Waals surface area contributed by atoms with Crippen molar-refractivity contribution in [3.05, 3.63) is 24.3 Å². The monoisotopic (exact) mass is 298 g/mol. The van der Waals surface area contributed by atoms with Crippen LogP contribution in [0.1, 0.15) is 20.3 Å². The van der Waals surface area contributed by atoms with Gasteiger partial charge in [0.2, 0.25) is 0 Å². The highest BCUT2D eigenvalue weighted by Crippen LogP contribution is 2.13. The first-order valence-corrected chi connectivity index (χ1v) is 8.10.